The van der Waals surface area contributed by atoms with Crippen molar-refractivity contribution in [2.45, 2.75) is 6.42 Å². The van der Waals surface area contributed by atoms with Crippen LogP contribution in [0, 0.1) is 5.92 Å². The fourth-order valence-corrected chi connectivity index (χ4v) is 2.47. The molecule has 1 aliphatic rings. The SMILES string of the molecule is CNCC1CCN(c2ccccc2Cl)C1. The minimum Gasteiger partial charge on any atom is -0.370 e. The third kappa shape index (κ3) is 2.44. The first-order valence-electron chi connectivity index (χ1n) is 5.45. The number of benzene rings is 1. The second kappa shape index (κ2) is 4.86. The molecule has 1 aromatic rings. The molecule has 0 amide bonds. The summed E-state index contributed by atoms with van der Waals surface area (Å²) in [6.45, 7) is 3.33. The van der Waals surface area contributed by atoms with Crippen molar-refractivity contribution in [3.63, 3.8) is 0 Å². The zero-order valence-electron chi connectivity index (χ0n) is 9.04. The van der Waals surface area contributed by atoms with E-state index in [0.717, 1.165) is 30.6 Å². The number of nitrogens with zero attached hydrogens (tertiary/aromatic N) is 1. The molecule has 1 aliphatic heterocycles. The summed E-state index contributed by atoms with van der Waals surface area (Å²) in [7, 11) is 2.01. The molecule has 1 N–H and O–H groups in total. The van der Waals surface area contributed by atoms with Crippen molar-refractivity contribution in [2.24, 2.45) is 5.92 Å². The molecule has 0 aliphatic carbocycles. The smallest absolute Gasteiger partial charge is 0.0639 e. The van der Waals surface area contributed by atoms with E-state index >= 15 is 0 Å². The van der Waals surface area contributed by atoms with Gasteiger partial charge in [-0.2, -0.15) is 0 Å². The van der Waals surface area contributed by atoms with Crippen LogP contribution in [-0.2, 0) is 0 Å². The normalized spacial score (nSPS) is 20.9. The van der Waals surface area contributed by atoms with Gasteiger partial charge in [-0.3, -0.25) is 0 Å². The monoisotopic (exact) mass is 224 g/mol. The van der Waals surface area contributed by atoms with E-state index in [4.69, 9.17) is 11.6 Å². The predicted molar refractivity (Wildman–Crippen MR) is 65.7 cm³/mol. The number of anilines is 1. The average molecular weight is 225 g/mol. The minimum atomic E-state index is 0.756. The van der Waals surface area contributed by atoms with Gasteiger partial charge in [-0.15, -0.1) is 0 Å². The van der Waals surface area contributed by atoms with Gasteiger partial charge >= 0.3 is 0 Å². The van der Waals surface area contributed by atoms with Crippen LogP contribution in [0.4, 0.5) is 5.69 Å². The Hall–Kier alpha value is -0.730. The molecule has 2 nitrogen and oxygen atoms in total. The minimum absolute atomic E-state index is 0.756. The Morgan fingerprint density at radius 1 is 1.47 bits per heavy atom. The summed E-state index contributed by atoms with van der Waals surface area (Å²) in [4.78, 5) is 2.38. The van der Waals surface area contributed by atoms with Crippen LogP contribution in [0.25, 0.3) is 0 Å². The standard InChI is InChI=1S/C12H17ClN2/c1-14-8-10-6-7-15(9-10)12-5-3-2-4-11(12)13/h2-5,10,14H,6-9H2,1H3. The van der Waals surface area contributed by atoms with Crippen LogP contribution in [0.2, 0.25) is 5.02 Å². The molecule has 0 radical (unpaired) electrons. The van der Waals surface area contributed by atoms with E-state index in [1.54, 1.807) is 0 Å². The molecule has 1 unspecified atom stereocenters. The molecule has 1 aromatic carbocycles. The second-order valence-electron chi connectivity index (χ2n) is 4.11. The van der Waals surface area contributed by atoms with Crippen LogP contribution >= 0.6 is 11.6 Å². The van der Waals surface area contributed by atoms with E-state index in [-0.39, 0.29) is 0 Å². The third-order valence-electron chi connectivity index (χ3n) is 2.97. The molecule has 1 fully saturated rings. The number of nitrogens with one attached hydrogen (secondary N) is 1. The Kier molecular flexibility index (Phi) is 3.49. The Morgan fingerprint density at radius 3 is 3.00 bits per heavy atom. The first-order valence-corrected chi connectivity index (χ1v) is 5.83. The molecule has 2 rings (SSSR count). The lowest BCUT2D eigenvalue weighted by molar-refractivity contribution is 0.549. The molecule has 1 atom stereocenters. The highest BCUT2D eigenvalue weighted by atomic mass is 35.5. The fraction of sp³-hybridized carbons (Fsp3) is 0.500. The quantitative estimate of drug-likeness (QED) is 0.848. The lowest BCUT2D eigenvalue weighted by Crippen LogP contribution is -2.24. The molecule has 3 heteroatoms. The first kappa shape index (κ1) is 10.8. The number of hydrogen-bond donors (Lipinski definition) is 1. The second-order valence-corrected chi connectivity index (χ2v) is 4.52. The number of para-hydroxylation sites is 1. The van der Waals surface area contributed by atoms with Crippen LogP contribution in [0.5, 0.6) is 0 Å². The van der Waals surface area contributed by atoms with Crippen molar-refractivity contribution < 1.29 is 0 Å². The summed E-state index contributed by atoms with van der Waals surface area (Å²) in [6.07, 6.45) is 1.26. The van der Waals surface area contributed by atoms with Crippen LogP contribution in [-0.4, -0.2) is 26.7 Å². The fourth-order valence-electron chi connectivity index (χ4n) is 2.21. The van der Waals surface area contributed by atoms with Crippen molar-refractivity contribution in [3.05, 3.63) is 29.3 Å². The summed E-state index contributed by atoms with van der Waals surface area (Å²) in [5.74, 6) is 0.756. The largest absolute Gasteiger partial charge is 0.370 e. The summed E-state index contributed by atoms with van der Waals surface area (Å²) in [5, 5.41) is 4.10. The maximum absolute atomic E-state index is 6.17. The van der Waals surface area contributed by atoms with E-state index < -0.39 is 0 Å². The number of hydrogen-bond acceptors (Lipinski definition) is 2. The third-order valence-corrected chi connectivity index (χ3v) is 3.29. The highest BCUT2D eigenvalue weighted by molar-refractivity contribution is 6.33. The molecular formula is C12H17ClN2. The average Bonchev–Trinajstić information content (AvgIpc) is 2.68. The maximum atomic E-state index is 6.17. The van der Waals surface area contributed by atoms with Gasteiger partial charge in [0.25, 0.3) is 0 Å². The van der Waals surface area contributed by atoms with Gasteiger partial charge in [-0.1, -0.05) is 23.7 Å². The van der Waals surface area contributed by atoms with E-state index in [1.165, 1.54) is 12.1 Å². The maximum Gasteiger partial charge on any atom is 0.0639 e. The van der Waals surface area contributed by atoms with Crippen LogP contribution in [0.15, 0.2) is 24.3 Å². The van der Waals surface area contributed by atoms with Gasteiger partial charge < -0.3 is 10.2 Å². The summed E-state index contributed by atoms with van der Waals surface area (Å²) < 4.78 is 0. The highest BCUT2D eigenvalue weighted by Crippen LogP contribution is 2.29. The van der Waals surface area contributed by atoms with Gasteiger partial charge in [0.15, 0.2) is 0 Å². The van der Waals surface area contributed by atoms with Gasteiger partial charge in [-0.25, -0.2) is 0 Å². The number of rotatable bonds is 3. The van der Waals surface area contributed by atoms with E-state index in [9.17, 15) is 0 Å². The van der Waals surface area contributed by atoms with Gasteiger partial charge in [0, 0.05) is 13.1 Å². The Balaban J connectivity index is 2.04. The molecule has 0 bridgehead atoms. The molecular weight excluding hydrogens is 208 g/mol. The Bertz CT molecular complexity index is 327. The molecule has 82 valence electrons. The molecule has 0 saturated carbocycles. The molecule has 0 spiro atoms. The Labute approximate surface area is 96.2 Å². The lowest BCUT2D eigenvalue weighted by Gasteiger charge is -2.19. The van der Waals surface area contributed by atoms with Gasteiger partial charge in [0.05, 0.1) is 10.7 Å². The number of halogens is 1. The van der Waals surface area contributed by atoms with Crippen LogP contribution in [0.3, 0.4) is 0 Å². The first-order chi connectivity index (χ1) is 7.31. The van der Waals surface area contributed by atoms with Crippen molar-refractivity contribution in [2.75, 3.05) is 31.6 Å². The van der Waals surface area contributed by atoms with E-state index in [2.05, 4.69) is 16.3 Å². The Morgan fingerprint density at radius 2 is 2.27 bits per heavy atom. The topological polar surface area (TPSA) is 15.3 Å². The van der Waals surface area contributed by atoms with Gasteiger partial charge in [0.1, 0.15) is 0 Å². The van der Waals surface area contributed by atoms with Crippen molar-refractivity contribution in [1.82, 2.24) is 5.32 Å². The van der Waals surface area contributed by atoms with Crippen LogP contribution < -0.4 is 10.2 Å². The summed E-state index contributed by atoms with van der Waals surface area (Å²) in [6, 6.07) is 8.09. The summed E-state index contributed by atoms with van der Waals surface area (Å²) >= 11 is 6.17. The van der Waals surface area contributed by atoms with Crippen molar-refractivity contribution in [3.8, 4) is 0 Å². The predicted octanol–water partition coefficient (Wildman–Crippen LogP) is 2.39. The highest BCUT2D eigenvalue weighted by Gasteiger charge is 2.22. The van der Waals surface area contributed by atoms with Gasteiger partial charge in [0.2, 0.25) is 0 Å². The molecule has 15 heavy (non-hydrogen) atoms. The lowest BCUT2D eigenvalue weighted by atomic mass is 10.1. The molecule has 1 saturated heterocycles. The molecule has 1 heterocycles. The zero-order valence-corrected chi connectivity index (χ0v) is 9.80. The zero-order chi connectivity index (χ0) is 10.7. The van der Waals surface area contributed by atoms with E-state index in [1.807, 2.05) is 25.2 Å². The van der Waals surface area contributed by atoms with E-state index in [0.29, 0.717) is 0 Å². The molecule has 0 aromatic heterocycles. The van der Waals surface area contributed by atoms with Crippen molar-refractivity contribution in [1.29, 1.82) is 0 Å². The van der Waals surface area contributed by atoms with Gasteiger partial charge in [-0.05, 0) is 38.1 Å². The van der Waals surface area contributed by atoms with Crippen molar-refractivity contribution >= 4 is 17.3 Å². The van der Waals surface area contributed by atoms with Crippen LogP contribution in [0.1, 0.15) is 6.42 Å². The summed E-state index contributed by atoms with van der Waals surface area (Å²) in [5.41, 5.74) is 1.18.